The number of nitrogens with zero attached hydrogens (tertiary/aromatic N) is 1. The lowest BCUT2D eigenvalue weighted by Gasteiger charge is -2.32. The van der Waals surface area contributed by atoms with E-state index in [4.69, 9.17) is 16.3 Å². The second kappa shape index (κ2) is 10.1. The quantitative estimate of drug-likeness (QED) is 0.715. The Morgan fingerprint density at radius 3 is 2.69 bits per heavy atom. The molecule has 1 aliphatic heterocycles. The summed E-state index contributed by atoms with van der Waals surface area (Å²) < 4.78 is 19.8. The number of hydrogen-bond donors (Lipinski definition) is 1. The minimum Gasteiger partial charge on any atom is -0.491 e. The smallest absolute Gasteiger partial charge is 0.223 e. The summed E-state index contributed by atoms with van der Waals surface area (Å²) in [5.41, 5.74) is 1.72. The Labute approximate surface area is 177 Å². The van der Waals surface area contributed by atoms with Crippen molar-refractivity contribution in [2.45, 2.75) is 39.3 Å². The Morgan fingerprint density at radius 1 is 1.28 bits per heavy atom. The monoisotopic (exact) mass is 418 g/mol. The number of rotatable bonds is 7. The van der Waals surface area contributed by atoms with Crippen LogP contribution in [0.15, 0.2) is 42.5 Å². The number of amides is 1. The van der Waals surface area contributed by atoms with Gasteiger partial charge in [0.2, 0.25) is 5.91 Å². The molecule has 1 saturated heterocycles. The summed E-state index contributed by atoms with van der Waals surface area (Å²) in [6.07, 6.45) is 1.54. The number of piperidine rings is 1. The molecule has 29 heavy (non-hydrogen) atoms. The second-order valence-corrected chi connectivity index (χ2v) is 8.21. The lowest BCUT2D eigenvalue weighted by Crippen LogP contribution is -2.44. The van der Waals surface area contributed by atoms with Crippen LogP contribution >= 0.6 is 11.6 Å². The molecule has 0 bridgehead atoms. The molecular formula is C23H28ClFN2O2. The number of halogens is 2. The molecule has 1 N–H and O–H groups in total. The van der Waals surface area contributed by atoms with Crippen molar-refractivity contribution in [1.29, 1.82) is 0 Å². The summed E-state index contributed by atoms with van der Waals surface area (Å²) in [4.78, 5) is 14.8. The van der Waals surface area contributed by atoms with Crippen LogP contribution in [-0.4, -0.2) is 36.5 Å². The maximum Gasteiger partial charge on any atom is 0.223 e. The molecule has 0 aromatic heterocycles. The maximum atomic E-state index is 14.0. The third kappa shape index (κ3) is 6.18. The normalized spacial score (nSPS) is 16.4. The topological polar surface area (TPSA) is 41.6 Å². The van der Waals surface area contributed by atoms with Gasteiger partial charge in [0.05, 0.1) is 6.04 Å². The average Bonchev–Trinajstić information content (AvgIpc) is 2.70. The van der Waals surface area contributed by atoms with Gasteiger partial charge in [0.25, 0.3) is 0 Å². The van der Waals surface area contributed by atoms with E-state index < -0.39 is 0 Å². The van der Waals surface area contributed by atoms with Crippen molar-refractivity contribution in [2.24, 2.45) is 5.92 Å². The van der Waals surface area contributed by atoms with Crippen molar-refractivity contribution in [3.8, 4) is 5.75 Å². The molecule has 1 heterocycles. The highest BCUT2D eigenvalue weighted by Gasteiger charge is 2.26. The third-order valence-corrected chi connectivity index (χ3v) is 5.57. The largest absolute Gasteiger partial charge is 0.491 e. The van der Waals surface area contributed by atoms with Crippen molar-refractivity contribution >= 4 is 17.5 Å². The van der Waals surface area contributed by atoms with Crippen molar-refractivity contribution in [2.75, 3.05) is 19.7 Å². The van der Waals surface area contributed by atoms with E-state index in [9.17, 15) is 9.18 Å². The molecule has 0 saturated carbocycles. The van der Waals surface area contributed by atoms with Gasteiger partial charge in [-0.2, -0.15) is 0 Å². The second-order valence-electron chi connectivity index (χ2n) is 7.77. The molecule has 0 unspecified atom stereocenters. The van der Waals surface area contributed by atoms with Crippen LogP contribution in [0.4, 0.5) is 4.39 Å². The minimum atomic E-state index is -0.278. The van der Waals surface area contributed by atoms with Crippen LogP contribution in [0, 0.1) is 18.7 Å². The Morgan fingerprint density at radius 2 is 2.00 bits per heavy atom. The van der Waals surface area contributed by atoms with E-state index in [1.807, 2.05) is 38.1 Å². The molecule has 4 nitrogen and oxygen atoms in total. The predicted octanol–water partition coefficient (Wildman–Crippen LogP) is 4.58. The molecule has 3 rings (SSSR count). The summed E-state index contributed by atoms with van der Waals surface area (Å²) in [5.74, 6) is 0.626. The fraction of sp³-hybridized carbons (Fsp3) is 0.435. The van der Waals surface area contributed by atoms with Crippen molar-refractivity contribution in [3.63, 3.8) is 0 Å². The molecule has 1 amide bonds. The Bertz CT molecular complexity index is 837. The number of nitrogens with one attached hydrogen (secondary N) is 1. The molecule has 1 aliphatic rings. The molecule has 156 valence electrons. The summed E-state index contributed by atoms with van der Waals surface area (Å²) in [5, 5.41) is 3.47. The van der Waals surface area contributed by atoms with Crippen LogP contribution in [0.2, 0.25) is 5.02 Å². The fourth-order valence-corrected chi connectivity index (χ4v) is 3.74. The highest BCUT2D eigenvalue weighted by Crippen LogP contribution is 2.22. The Kier molecular flexibility index (Phi) is 7.51. The van der Waals surface area contributed by atoms with Gasteiger partial charge in [-0.3, -0.25) is 9.69 Å². The van der Waals surface area contributed by atoms with Gasteiger partial charge >= 0.3 is 0 Å². The fourth-order valence-electron chi connectivity index (χ4n) is 3.58. The Hall–Kier alpha value is -2.11. The van der Waals surface area contributed by atoms with Crippen LogP contribution < -0.4 is 10.1 Å². The lowest BCUT2D eigenvalue weighted by molar-refractivity contribution is -0.127. The van der Waals surface area contributed by atoms with Gasteiger partial charge in [-0.15, -0.1) is 0 Å². The SMILES string of the molecule is Cc1ccccc1OC[C@H](C)NC(=O)C1CCN(Cc2ccc(Cl)cc2F)CC1. The van der Waals surface area contributed by atoms with E-state index in [0.717, 1.165) is 37.2 Å². The number of likely N-dealkylation sites (tertiary alicyclic amines) is 1. The number of para-hydroxylation sites is 1. The van der Waals surface area contributed by atoms with E-state index in [-0.39, 0.29) is 23.7 Å². The molecular weight excluding hydrogens is 391 g/mol. The number of ether oxygens (including phenoxy) is 1. The molecule has 2 aromatic rings. The Balaban J connectivity index is 1.41. The summed E-state index contributed by atoms with van der Waals surface area (Å²) >= 11 is 5.81. The predicted molar refractivity (Wildman–Crippen MR) is 114 cm³/mol. The van der Waals surface area contributed by atoms with E-state index in [1.165, 1.54) is 6.07 Å². The molecule has 0 spiro atoms. The van der Waals surface area contributed by atoms with Gasteiger partial charge in [0.15, 0.2) is 0 Å². The van der Waals surface area contributed by atoms with Crippen LogP contribution in [0.3, 0.4) is 0 Å². The zero-order valence-electron chi connectivity index (χ0n) is 17.0. The van der Waals surface area contributed by atoms with Crippen LogP contribution in [0.5, 0.6) is 5.75 Å². The van der Waals surface area contributed by atoms with Gasteiger partial charge in [0.1, 0.15) is 18.2 Å². The maximum absolute atomic E-state index is 14.0. The summed E-state index contributed by atoms with van der Waals surface area (Å²) in [6.45, 7) is 6.47. The van der Waals surface area contributed by atoms with Gasteiger partial charge in [-0.25, -0.2) is 4.39 Å². The van der Waals surface area contributed by atoms with Crippen LogP contribution in [0.1, 0.15) is 30.9 Å². The van der Waals surface area contributed by atoms with E-state index in [1.54, 1.807) is 12.1 Å². The molecule has 2 aromatic carbocycles. The third-order valence-electron chi connectivity index (χ3n) is 5.34. The molecule has 1 atom stereocenters. The van der Waals surface area contributed by atoms with Crippen molar-refractivity contribution in [3.05, 3.63) is 64.4 Å². The zero-order chi connectivity index (χ0) is 20.8. The van der Waals surface area contributed by atoms with E-state index >= 15 is 0 Å². The summed E-state index contributed by atoms with van der Waals surface area (Å²) in [6, 6.07) is 12.6. The average molecular weight is 419 g/mol. The van der Waals surface area contributed by atoms with Gasteiger partial charge in [-0.1, -0.05) is 35.9 Å². The van der Waals surface area contributed by atoms with Gasteiger partial charge < -0.3 is 10.1 Å². The first-order chi connectivity index (χ1) is 13.9. The first-order valence-corrected chi connectivity index (χ1v) is 10.4. The first-order valence-electron chi connectivity index (χ1n) is 10.1. The number of carbonyl (C=O) groups is 1. The molecule has 0 aliphatic carbocycles. The number of aryl methyl sites for hydroxylation is 1. The molecule has 1 fully saturated rings. The summed E-state index contributed by atoms with van der Waals surface area (Å²) in [7, 11) is 0. The van der Waals surface area contributed by atoms with Gasteiger partial charge in [-0.05, 0) is 63.5 Å². The van der Waals surface area contributed by atoms with Crippen molar-refractivity contribution < 1.29 is 13.9 Å². The first kappa shape index (κ1) is 21.6. The lowest BCUT2D eigenvalue weighted by atomic mass is 9.95. The zero-order valence-corrected chi connectivity index (χ0v) is 17.7. The van der Waals surface area contributed by atoms with E-state index in [2.05, 4.69) is 10.2 Å². The highest BCUT2D eigenvalue weighted by molar-refractivity contribution is 6.30. The van der Waals surface area contributed by atoms with Crippen LogP contribution in [-0.2, 0) is 11.3 Å². The molecule has 6 heteroatoms. The number of hydrogen-bond acceptors (Lipinski definition) is 3. The standard InChI is InChI=1S/C23H28ClFN2O2/c1-16-5-3-4-6-22(16)29-15-17(2)26-23(28)18-9-11-27(12-10-18)14-19-7-8-20(24)13-21(19)25/h3-8,13,17-18H,9-12,14-15H2,1-2H3,(H,26,28)/t17-/m0/s1. The van der Waals surface area contributed by atoms with Crippen molar-refractivity contribution in [1.82, 2.24) is 10.2 Å². The number of carbonyl (C=O) groups excluding carboxylic acids is 1. The van der Waals surface area contributed by atoms with Crippen LogP contribution in [0.25, 0.3) is 0 Å². The minimum absolute atomic E-state index is 0.0118. The molecule has 0 radical (unpaired) electrons. The highest BCUT2D eigenvalue weighted by atomic mass is 35.5. The van der Waals surface area contributed by atoms with Gasteiger partial charge in [0, 0.05) is 23.0 Å². The van der Waals surface area contributed by atoms with E-state index in [0.29, 0.717) is 23.7 Å². The number of benzene rings is 2.